The molecule has 7 aliphatic rings. The molecule has 4 bridgehead atoms. The Morgan fingerprint density at radius 2 is 1.43 bits per heavy atom. The van der Waals surface area contributed by atoms with Crippen molar-refractivity contribution in [3.8, 4) is 0 Å². The summed E-state index contributed by atoms with van der Waals surface area (Å²) in [6, 6.07) is 7.44. The predicted octanol–water partition coefficient (Wildman–Crippen LogP) is 1.57. The van der Waals surface area contributed by atoms with Crippen molar-refractivity contribution in [1.29, 1.82) is 0 Å². The average Bonchev–Trinajstić information content (AvgIpc) is 3.55. The van der Waals surface area contributed by atoms with Gasteiger partial charge in [-0.05, 0) is 23.8 Å². The van der Waals surface area contributed by atoms with Gasteiger partial charge in [-0.1, -0.05) is 26.0 Å². The summed E-state index contributed by atoms with van der Waals surface area (Å²) in [6.45, 7) is 7.05. The molecular formula is C27H25N3O5. The standard InChI is InChI=1S/C27H25N3O5/c1-26-10-28-12-27(2,25(26)35)13-29(11-26)23(28)14-3-5-15(6-4-14)30-21(32)9-19(24(30)34)18-8-20(31)16-7-17(16)22(18)33/h3-6,8,19,23H,7,9-13H2,1-2H3. The van der Waals surface area contributed by atoms with Crippen molar-refractivity contribution in [2.24, 2.45) is 16.7 Å². The quantitative estimate of drug-likeness (QED) is 0.488. The molecule has 0 saturated carbocycles. The predicted molar refractivity (Wildman–Crippen MR) is 124 cm³/mol. The third-order valence-corrected chi connectivity index (χ3v) is 8.68. The maximum Gasteiger partial charge on any atom is 0.241 e. The summed E-state index contributed by atoms with van der Waals surface area (Å²) in [5.74, 6) is -1.85. The molecule has 0 spiro atoms. The summed E-state index contributed by atoms with van der Waals surface area (Å²) < 4.78 is 0. The van der Waals surface area contributed by atoms with Crippen molar-refractivity contribution >= 4 is 34.9 Å². The van der Waals surface area contributed by atoms with E-state index in [0.29, 0.717) is 29.0 Å². The summed E-state index contributed by atoms with van der Waals surface area (Å²) in [4.78, 5) is 69.6. The number of nitrogens with zero attached hydrogens (tertiary/aromatic N) is 3. The molecule has 35 heavy (non-hydrogen) atoms. The topological polar surface area (TPSA) is 95.1 Å². The van der Waals surface area contributed by atoms with Gasteiger partial charge in [0, 0.05) is 55.7 Å². The number of benzene rings is 1. The van der Waals surface area contributed by atoms with Crippen LogP contribution in [0, 0.1) is 16.7 Å². The minimum atomic E-state index is -0.908. The Morgan fingerprint density at radius 1 is 0.829 bits per heavy atom. The van der Waals surface area contributed by atoms with Gasteiger partial charge in [-0.25, -0.2) is 0 Å². The van der Waals surface area contributed by atoms with Gasteiger partial charge in [0.1, 0.15) is 5.78 Å². The lowest BCUT2D eigenvalue weighted by Crippen LogP contribution is -2.75. The largest absolute Gasteiger partial charge is 0.298 e. The zero-order valence-electron chi connectivity index (χ0n) is 19.7. The first-order valence-corrected chi connectivity index (χ1v) is 12.1. The van der Waals surface area contributed by atoms with Gasteiger partial charge in [-0.3, -0.25) is 38.7 Å². The molecule has 2 aliphatic carbocycles. The molecule has 8 heteroatoms. The zero-order valence-corrected chi connectivity index (χ0v) is 19.7. The van der Waals surface area contributed by atoms with Gasteiger partial charge in [0.2, 0.25) is 11.8 Å². The molecule has 5 fully saturated rings. The highest BCUT2D eigenvalue weighted by Crippen LogP contribution is 2.52. The lowest BCUT2D eigenvalue weighted by molar-refractivity contribution is -0.197. The number of imide groups is 1. The first-order chi connectivity index (χ1) is 16.6. The Kier molecular flexibility index (Phi) is 3.92. The number of hydrogen-bond donors (Lipinski definition) is 0. The van der Waals surface area contributed by atoms with E-state index in [2.05, 4.69) is 23.6 Å². The van der Waals surface area contributed by atoms with E-state index in [0.717, 1.165) is 36.6 Å². The monoisotopic (exact) mass is 471 g/mol. The van der Waals surface area contributed by atoms with Crippen molar-refractivity contribution in [3.05, 3.63) is 52.6 Å². The fraction of sp³-hybridized carbons (Fsp3) is 0.444. The molecule has 2 amide bonds. The van der Waals surface area contributed by atoms with E-state index in [1.165, 1.54) is 6.08 Å². The second-order valence-electron chi connectivity index (χ2n) is 11.5. The molecule has 5 heterocycles. The van der Waals surface area contributed by atoms with E-state index < -0.39 is 11.8 Å². The molecule has 5 aliphatic heterocycles. The molecule has 8 rings (SSSR count). The lowest BCUT2D eigenvalue weighted by atomic mass is 9.62. The van der Waals surface area contributed by atoms with Crippen molar-refractivity contribution in [1.82, 2.24) is 9.80 Å². The minimum Gasteiger partial charge on any atom is -0.298 e. The number of carbonyl (C=O) groups excluding carboxylic acids is 5. The molecule has 1 aromatic carbocycles. The Morgan fingerprint density at radius 3 is 2.03 bits per heavy atom. The van der Waals surface area contributed by atoms with Crippen LogP contribution >= 0.6 is 0 Å². The number of hydrogen-bond acceptors (Lipinski definition) is 7. The second kappa shape index (κ2) is 6.50. The molecule has 1 aromatic rings. The van der Waals surface area contributed by atoms with Crippen molar-refractivity contribution in [2.75, 3.05) is 31.1 Å². The van der Waals surface area contributed by atoms with E-state index in [1.807, 2.05) is 12.1 Å². The molecular weight excluding hydrogens is 446 g/mol. The molecule has 0 N–H and O–H groups in total. The summed E-state index contributed by atoms with van der Waals surface area (Å²) in [5.41, 5.74) is 2.02. The highest BCUT2D eigenvalue weighted by molar-refractivity contribution is 6.32. The van der Waals surface area contributed by atoms with Gasteiger partial charge in [0.25, 0.3) is 0 Å². The van der Waals surface area contributed by atoms with Crippen molar-refractivity contribution < 1.29 is 24.0 Å². The van der Waals surface area contributed by atoms with E-state index in [9.17, 15) is 24.0 Å². The molecule has 0 radical (unpaired) electrons. The molecule has 1 unspecified atom stereocenters. The second-order valence-corrected chi connectivity index (χ2v) is 11.5. The third-order valence-electron chi connectivity index (χ3n) is 8.68. The van der Waals surface area contributed by atoms with Crippen LogP contribution in [0.3, 0.4) is 0 Å². The molecule has 178 valence electrons. The Balaban J connectivity index is 1.14. The van der Waals surface area contributed by atoms with Crippen LogP contribution in [0.15, 0.2) is 47.1 Å². The maximum atomic E-state index is 13.2. The molecule has 0 aromatic heterocycles. The van der Waals surface area contributed by atoms with E-state index >= 15 is 0 Å². The van der Waals surface area contributed by atoms with Gasteiger partial charge in [-0.2, -0.15) is 0 Å². The first kappa shape index (κ1) is 21.1. The van der Waals surface area contributed by atoms with Crippen molar-refractivity contribution in [2.45, 2.75) is 32.9 Å². The van der Waals surface area contributed by atoms with Gasteiger partial charge < -0.3 is 0 Å². The van der Waals surface area contributed by atoms with E-state index in [4.69, 9.17) is 0 Å². The number of ketones is 3. The van der Waals surface area contributed by atoms with E-state index in [-0.39, 0.29) is 46.5 Å². The van der Waals surface area contributed by atoms with Crippen LogP contribution in [0.1, 0.15) is 38.4 Å². The van der Waals surface area contributed by atoms with E-state index in [1.54, 1.807) is 12.1 Å². The number of allylic oxidation sites excluding steroid dienone is 3. The highest BCUT2D eigenvalue weighted by Gasteiger charge is 2.62. The van der Waals surface area contributed by atoms with Gasteiger partial charge in [0.05, 0.1) is 28.6 Å². The molecule has 1 atom stereocenters. The number of carbonyl (C=O) groups is 5. The van der Waals surface area contributed by atoms with Crippen LogP contribution in [-0.4, -0.2) is 65.1 Å². The number of anilines is 1. The van der Waals surface area contributed by atoms with Crippen LogP contribution in [0.5, 0.6) is 0 Å². The normalized spacial score (nSPS) is 39.5. The van der Waals surface area contributed by atoms with Crippen LogP contribution in [-0.2, 0) is 24.0 Å². The number of rotatable bonds is 3. The van der Waals surface area contributed by atoms with Crippen LogP contribution in [0.25, 0.3) is 0 Å². The third kappa shape index (κ3) is 2.72. The van der Waals surface area contributed by atoms with Gasteiger partial charge in [0.15, 0.2) is 11.6 Å². The summed E-state index contributed by atoms with van der Waals surface area (Å²) in [7, 11) is 0. The van der Waals surface area contributed by atoms with Crippen LogP contribution in [0.4, 0.5) is 5.69 Å². The SMILES string of the molecule is CC12CN3CC(C)(CN(C1)C3c1ccc(N3C(=O)CC(C4=CC(=O)C5=C(C5)C4=O)C3=O)cc1)C2=O. The fourth-order valence-electron chi connectivity index (χ4n) is 7.27. The minimum absolute atomic E-state index is 0.0630. The Labute approximate surface area is 202 Å². The smallest absolute Gasteiger partial charge is 0.241 e. The molecule has 8 nitrogen and oxygen atoms in total. The fourth-order valence-corrected chi connectivity index (χ4v) is 7.27. The summed E-state index contributed by atoms with van der Waals surface area (Å²) in [5, 5.41) is 0. The summed E-state index contributed by atoms with van der Waals surface area (Å²) in [6.07, 6.45) is 1.59. The first-order valence-electron chi connectivity index (χ1n) is 12.1. The summed E-state index contributed by atoms with van der Waals surface area (Å²) >= 11 is 0. The lowest BCUT2D eigenvalue weighted by Gasteiger charge is -2.64. The van der Waals surface area contributed by atoms with Gasteiger partial charge >= 0.3 is 0 Å². The number of amides is 2. The number of Topliss-reactive ketones (excluding diaryl/α,β-unsaturated/α-hetero) is 2. The average molecular weight is 472 g/mol. The van der Waals surface area contributed by atoms with Crippen LogP contribution < -0.4 is 4.90 Å². The molecule has 5 saturated heterocycles. The van der Waals surface area contributed by atoms with Crippen molar-refractivity contribution in [3.63, 3.8) is 0 Å². The number of piperidine rings is 2. The zero-order chi connectivity index (χ0) is 24.4. The van der Waals surface area contributed by atoms with Gasteiger partial charge in [-0.15, -0.1) is 0 Å². The Bertz CT molecular complexity index is 1310. The Hall–Kier alpha value is -3.23. The van der Waals surface area contributed by atoms with Crippen LogP contribution in [0.2, 0.25) is 0 Å². The highest BCUT2D eigenvalue weighted by atomic mass is 16.2. The maximum absolute atomic E-state index is 13.2.